The molecule has 0 saturated heterocycles. The zero-order valence-corrected chi connectivity index (χ0v) is 8.16. The number of anilines is 1. The van der Waals surface area contributed by atoms with E-state index in [2.05, 4.69) is 15.6 Å². The lowest BCUT2D eigenvalue weighted by molar-refractivity contribution is 0.262. The van der Waals surface area contributed by atoms with Gasteiger partial charge in [0.1, 0.15) is 5.82 Å². The summed E-state index contributed by atoms with van der Waals surface area (Å²) in [5, 5.41) is 6.62. The van der Waals surface area contributed by atoms with Crippen molar-refractivity contribution >= 4 is 5.82 Å². The third kappa shape index (κ3) is 1.73. The lowest BCUT2D eigenvalue weighted by atomic mass is 9.80. The van der Waals surface area contributed by atoms with Gasteiger partial charge in [0.25, 0.3) is 0 Å². The van der Waals surface area contributed by atoms with Crippen molar-refractivity contribution < 1.29 is 0 Å². The van der Waals surface area contributed by atoms with E-state index in [1.807, 2.05) is 0 Å². The van der Waals surface area contributed by atoms with Gasteiger partial charge in [-0.1, -0.05) is 19.3 Å². The highest BCUT2D eigenvalue weighted by Gasteiger charge is 2.24. The molecule has 1 atom stereocenters. The fourth-order valence-electron chi connectivity index (χ4n) is 1.93. The molecule has 14 heavy (non-hydrogen) atoms. The molecule has 0 spiro atoms. The highest BCUT2D eigenvalue weighted by Crippen LogP contribution is 2.35. The summed E-state index contributed by atoms with van der Waals surface area (Å²) in [6.45, 7) is 0. The number of nitrogens with two attached hydrogens (primary N) is 2. The van der Waals surface area contributed by atoms with Crippen molar-refractivity contribution in [3.8, 4) is 0 Å². The summed E-state index contributed by atoms with van der Waals surface area (Å²) in [5.41, 5.74) is 9.53. The second kappa shape index (κ2) is 3.98. The first-order valence-corrected chi connectivity index (χ1v) is 5.06. The van der Waals surface area contributed by atoms with Crippen LogP contribution in [0.5, 0.6) is 0 Å². The van der Waals surface area contributed by atoms with Gasteiger partial charge in [-0.3, -0.25) is 16.4 Å². The van der Waals surface area contributed by atoms with Crippen LogP contribution < -0.4 is 17.0 Å². The highest BCUT2D eigenvalue weighted by atomic mass is 15.2. The molecule has 1 heterocycles. The van der Waals surface area contributed by atoms with Crippen molar-refractivity contribution in [1.29, 1.82) is 0 Å². The van der Waals surface area contributed by atoms with Crippen molar-refractivity contribution in [2.75, 3.05) is 5.73 Å². The zero-order chi connectivity index (χ0) is 9.97. The Balaban J connectivity index is 2.01. The Kier molecular flexibility index (Phi) is 2.69. The molecule has 0 bridgehead atoms. The Morgan fingerprint density at radius 3 is 2.86 bits per heavy atom. The van der Waals surface area contributed by atoms with Gasteiger partial charge in [0.15, 0.2) is 0 Å². The van der Waals surface area contributed by atoms with E-state index >= 15 is 0 Å². The van der Waals surface area contributed by atoms with Crippen LogP contribution in [0.1, 0.15) is 37.3 Å². The molecule has 1 fully saturated rings. The molecule has 1 saturated carbocycles. The molecule has 5 heteroatoms. The van der Waals surface area contributed by atoms with E-state index in [0.29, 0.717) is 5.82 Å². The van der Waals surface area contributed by atoms with E-state index in [0.717, 1.165) is 17.9 Å². The maximum absolute atomic E-state index is 5.74. The predicted octanol–water partition coefficient (Wildman–Crippen LogP) is 0.686. The van der Waals surface area contributed by atoms with Crippen LogP contribution in [0.3, 0.4) is 0 Å². The third-order valence-corrected chi connectivity index (χ3v) is 3.07. The monoisotopic (exact) mass is 195 g/mol. The van der Waals surface area contributed by atoms with Crippen molar-refractivity contribution in [2.45, 2.75) is 31.7 Å². The number of nitrogens with zero attached hydrogens (tertiary/aromatic N) is 1. The van der Waals surface area contributed by atoms with Gasteiger partial charge in [-0.15, -0.1) is 0 Å². The van der Waals surface area contributed by atoms with Crippen molar-refractivity contribution in [3.05, 3.63) is 11.8 Å². The maximum Gasteiger partial charge on any atom is 0.123 e. The largest absolute Gasteiger partial charge is 0.384 e. The van der Waals surface area contributed by atoms with Crippen molar-refractivity contribution in [2.24, 2.45) is 11.8 Å². The topological polar surface area (TPSA) is 92.7 Å². The molecule has 0 amide bonds. The minimum Gasteiger partial charge on any atom is -0.384 e. The van der Waals surface area contributed by atoms with Gasteiger partial charge < -0.3 is 5.73 Å². The molecule has 0 aliphatic heterocycles. The number of nitrogen functional groups attached to an aromatic ring is 1. The van der Waals surface area contributed by atoms with E-state index in [-0.39, 0.29) is 6.04 Å². The molecule has 78 valence electrons. The summed E-state index contributed by atoms with van der Waals surface area (Å²) in [4.78, 5) is 0. The van der Waals surface area contributed by atoms with E-state index in [1.54, 1.807) is 6.20 Å². The molecule has 1 aromatic rings. The second-order valence-electron chi connectivity index (χ2n) is 3.99. The number of H-pyrrole nitrogens is 1. The van der Waals surface area contributed by atoms with Gasteiger partial charge in [-0.25, -0.2) is 0 Å². The van der Waals surface area contributed by atoms with Crippen LogP contribution in [0.2, 0.25) is 0 Å². The summed E-state index contributed by atoms with van der Waals surface area (Å²) in [5.74, 6) is 6.93. The Morgan fingerprint density at radius 1 is 1.64 bits per heavy atom. The van der Waals surface area contributed by atoms with Gasteiger partial charge in [0, 0.05) is 5.56 Å². The molecule has 1 aliphatic carbocycles. The molecule has 0 radical (unpaired) electrons. The highest BCUT2D eigenvalue weighted by molar-refractivity contribution is 5.39. The Bertz CT molecular complexity index is 291. The maximum atomic E-state index is 5.74. The van der Waals surface area contributed by atoms with Crippen LogP contribution in [-0.4, -0.2) is 10.2 Å². The average molecular weight is 195 g/mol. The lowest BCUT2D eigenvalue weighted by Gasteiger charge is -2.29. The second-order valence-corrected chi connectivity index (χ2v) is 3.99. The minimum atomic E-state index is 0.138. The number of aromatic nitrogens is 2. The van der Waals surface area contributed by atoms with Crippen LogP contribution in [0.15, 0.2) is 6.20 Å². The molecular weight excluding hydrogens is 178 g/mol. The Labute approximate surface area is 83.2 Å². The third-order valence-electron chi connectivity index (χ3n) is 3.07. The molecule has 1 aliphatic rings. The molecule has 2 rings (SSSR count). The van der Waals surface area contributed by atoms with Gasteiger partial charge in [0.2, 0.25) is 0 Å². The molecule has 0 aromatic carbocycles. The van der Waals surface area contributed by atoms with Crippen LogP contribution in [0.4, 0.5) is 5.82 Å². The Morgan fingerprint density at radius 2 is 2.43 bits per heavy atom. The molecule has 6 N–H and O–H groups in total. The SMILES string of the molecule is NNC(CC1CCC1)c1cn[nH]c1N. The lowest BCUT2D eigenvalue weighted by Crippen LogP contribution is -2.31. The van der Waals surface area contributed by atoms with E-state index in [1.165, 1.54) is 19.3 Å². The first-order chi connectivity index (χ1) is 6.81. The zero-order valence-electron chi connectivity index (χ0n) is 8.16. The summed E-state index contributed by atoms with van der Waals surface area (Å²) in [7, 11) is 0. The number of aromatic amines is 1. The van der Waals surface area contributed by atoms with Crippen LogP contribution >= 0.6 is 0 Å². The number of nitrogens with one attached hydrogen (secondary N) is 2. The normalized spacial score (nSPS) is 19.2. The van der Waals surface area contributed by atoms with E-state index in [4.69, 9.17) is 11.6 Å². The first kappa shape index (κ1) is 9.48. The molecule has 1 aromatic heterocycles. The number of rotatable bonds is 4. The van der Waals surface area contributed by atoms with Gasteiger partial charge in [-0.05, 0) is 12.3 Å². The van der Waals surface area contributed by atoms with Gasteiger partial charge in [-0.2, -0.15) is 5.10 Å². The smallest absolute Gasteiger partial charge is 0.123 e. The van der Waals surface area contributed by atoms with Crippen LogP contribution in [-0.2, 0) is 0 Å². The molecule has 1 unspecified atom stereocenters. The number of hydrogen-bond donors (Lipinski definition) is 4. The Hall–Kier alpha value is -1.07. The van der Waals surface area contributed by atoms with Gasteiger partial charge in [0.05, 0.1) is 12.2 Å². The summed E-state index contributed by atoms with van der Waals surface area (Å²) < 4.78 is 0. The van der Waals surface area contributed by atoms with E-state index < -0.39 is 0 Å². The predicted molar refractivity (Wildman–Crippen MR) is 55.0 cm³/mol. The van der Waals surface area contributed by atoms with E-state index in [9.17, 15) is 0 Å². The van der Waals surface area contributed by atoms with Gasteiger partial charge >= 0.3 is 0 Å². The standard InChI is InChI=1S/C9H17N5/c10-9-7(5-12-14-9)8(13-11)4-6-2-1-3-6/h5-6,8,13H,1-4,11H2,(H3,10,12,14). The summed E-state index contributed by atoms with van der Waals surface area (Å²) in [6.07, 6.45) is 6.79. The van der Waals surface area contributed by atoms with Crippen molar-refractivity contribution in [1.82, 2.24) is 15.6 Å². The molecular formula is C9H17N5. The number of hydrazine groups is 1. The summed E-state index contributed by atoms with van der Waals surface area (Å²) >= 11 is 0. The minimum absolute atomic E-state index is 0.138. The fourth-order valence-corrected chi connectivity index (χ4v) is 1.93. The average Bonchev–Trinajstić information content (AvgIpc) is 2.51. The summed E-state index contributed by atoms with van der Waals surface area (Å²) in [6, 6.07) is 0.138. The first-order valence-electron chi connectivity index (χ1n) is 5.06. The molecule has 5 nitrogen and oxygen atoms in total. The van der Waals surface area contributed by atoms with Crippen molar-refractivity contribution in [3.63, 3.8) is 0 Å². The fraction of sp³-hybridized carbons (Fsp3) is 0.667. The number of hydrogen-bond acceptors (Lipinski definition) is 4. The van der Waals surface area contributed by atoms with Crippen LogP contribution in [0, 0.1) is 5.92 Å². The van der Waals surface area contributed by atoms with Crippen LogP contribution in [0.25, 0.3) is 0 Å². The quantitative estimate of drug-likeness (QED) is 0.420.